The van der Waals surface area contributed by atoms with Crippen LogP contribution in [0.25, 0.3) is 0 Å². The van der Waals surface area contributed by atoms with Crippen LogP contribution in [0.15, 0.2) is 4.99 Å². The Kier molecular flexibility index (Phi) is 4.92. The van der Waals surface area contributed by atoms with Gasteiger partial charge >= 0.3 is 0 Å². The van der Waals surface area contributed by atoms with Gasteiger partial charge in [0.15, 0.2) is 5.96 Å². The third-order valence-electron chi connectivity index (χ3n) is 2.92. The molecule has 3 N–H and O–H groups in total. The zero-order chi connectivity index (χ0) is 11.3. The molecule has 3 nitrogen and oxygen atoms in total. The first-order chi connectivity index (χ1) is 7.08. The van der Waals surface area contributed by atoms with Gasteiger partial charge in [0.25, 0.3) is 0 Å². The van der Waals surface area contributed by atoms with Crippen LogP contribution in [-0.2, 0) is 0 Å². The Morgan fingerprint density at radius 3 is 2.80 bits per heavy atom. The predicted octanol–water partition coefficient (Wildman–Crippen LogP) is 2.13. The lowest BCUT2D eigenvalue weighted by atomic mass is 9.87. The van der Waals surface area contributed by atoms with Gasteiger partial charge in [0.1, 0.15) is 0 Å². The van der Waals surface area contributed by atoms with Crippen LogP contribution in [-0.4, -0.2) is 18.5 Å². The Hall–Kier alpha value is -0.730. The van der Waals surface area contributed by atoms with Crippen molar-refractivity contribution in [2.24, 2.45) is 22.6 Å². The van der Waals surface area contributed by atoms with E-state index in [0.717, 1.165) is 12.5 Å². The van der Waals surface area contributed by atoms with Crippen molar-refractivity contribution in [2.75, 3.05) is 6.54 Å². The Bertz CT molecular complexity index is 211. The summed E-state index contributed by atoms with van der Waals surface area (Å²) in [6, 6.07) is 0.546. The molecule has 88 valence electrons. The van der Waals surface area contributed by atoms with E-state index in [2.05, 4.69) is 31.1 Å². The fourth-order valence-corrected chi connectivity index (χ4v) is 2.10. The monoisotopic (exact) mass is 211 g/mol. The molecule has 0 heterocycles. The minimum atomic E-state index is 0.546. The van der Waals surface area contributed by atoms with Crippen LogP contribution in [0.5, 0.6) is 0 Å². The molecule has 1 rings (SSSR count). The number of guanidine groups is 1. The van der Waals surface area contributed by atoms with E-state index in [0.29, 0.717) is 17.9 Å². The summed E-state index contributed by atoms with van der Waals surface area (Å²) < 4.78 is 0. The maximum atomic E-state index is 5.84. The fraction of sp³-hybridized carbons (Fsp3) is 0.917. The van der Waals surface area contributed by atoms with Crippen molar-refractivity contribution in [3.8, 4) is 0 Å². The van der Waals surface area contributed by atoms with E-state index >= 15 is 0 Å². The quantitative estimate of drug-likeness (QED) is 0.555. The van der Waals surface area contributed by atoms with Gasteiger partial charge < -0.3 is 11.1 Å². The number of aliphatic imine (C=N–C) groups is 1. The zero-order valence-electron chi connectivity index (χ0n) is 10.3. The Balaban J connectivity index is 2.30. The van der Waals surface area contributed by atoms with E-state index in [1.54, 1.807) is 0 Å². The average molecular weight is 211 g/mol. The first kappa shape index (κ1) is 12.3. The van der Waals surface area contributed by atoms with Gasteiger partial charge in [-0.2, -0.15) is 0 Å². The molecular weight excluding hydrogens is 186 g/mol. The second-order valence-corrected chi connectivity index (χ2v) is 5.23. The number of nitrogens with one attached hydrogen (secondary N) is 1. The Morgan fingerprint density at radius 1 is 1.47 bits per heavy atom. The lowest BCUT2D eigenvalue weighted by molar-refractivity contribution is 0.325. The van der Waals surface area contributed by atoms with Gasteiger partial charge in [0, 0.05) is 12.6 Å². The van der Waals surface area contributed by atoms with Crippen molar-refractivity contribution in [2.45, 2.75) is 52.5 Å². The summed E-state index contributed by atoms with van der Waals surface area (Å²) in [5, 5.41) is 3.33. The topological polar surface area (TPSA) is 50.4 Å². The highest BCUT2D eigenvalue weighted by atomic mass is 15.1. The molecule has 0 radical (unpaired) electrons. The van der Waals surface area contributed by atoms with E-state index in [4.69, 9.17) is 5.73 Å². The molecule has 1 saturated carbocycles. The van der Waals surface area contributed by atoms with Gasteiger partial charge in [0.05, 0.1) is 0 Å². The first-order valence-corrected chi connectivity index (χ1v) is 6.14. The third-order valence-corrected chi connectivity index (χ3v) is 2.92. The van der Waals surface area contributed by atoms with E-state index in [1.165, 1.54) is 25.7 Å². The molecule has 1 aliphatic rings. The average Bonchev–Trinajstić information content (AvgIpc) is 2.15. The maximum Gasteiger partial charge on any atom is 0.188 e. The van der Waals surface area contributed by atoms with Gasteiger partial charge in [-0.1, -0.05) is 33.6 Å². The summed E-state index contributed by atoms with van der Waals surface area (Å²) in [5.41, 5.74) is 5.84. The summed E-state index contributed by atoms with van der Waals surface area (Å²) in [6.45, 7) is 7.44. The standard InChI is InChI=1S/C12H25N3/c1-9(2)8-14-12(13)15-11-6-4-5-10(3)7-11/h9-11H,4-8H2,1-3H3,(H3,13,14,15). The summed E-state index contributed by atoms with van der Waals surface area (Å²) in [6.07, 6.45) is 5.15. The second kappa shape index (κ2) is 5.99. The van der Waals surface area contributed by atoms with Crippen LogP contribution in [0.3, 0.4) is 0 Å². The van der Waals surface area contributed by atoms with Gasteiger partial charge in [-0.25, -0.2) is 0 Å². The maximum absolute atomic E-state index is 5.84. The van der Waals surface area contributed by atoms with E-state index in [-0.39, 0.29) is 0 Å². The van der Waals surface area contributed by atoms with Crippen LogP contribution in [0.4, 0.5) is 0 Å². The molecule has 0 saturated heterocycles. The molecule has 2 atom stereocenters. The largest absolute Gasteiger partial charge is 0.370 e. The van der Waals surface area contributed by atoms with Crippen LogP contribution < -0.4 is 11.1 Å². The number of rotatable bonds is 3. The second-order valence-electron chi connectivity index (χ2n) is 5.23. The normalized spacial score (nSPS) is 28.1. The minimum Gasteiger partial charge on any atom is -0.370 e. The van der Waals surface area contributed by atoms with Crippen molar-refractivity contribution in [1.82, 2.24) is 5.32 Å². The molecular formula is C12H25N3. The van der Waals surface area contributed by atoms with Gasteiger partial charge in [0.2, 0.25) is 0 Å². The molecule has 1 fully saturated rings. The number of nitrogens with two attached hydrogens (primary N) is 1. The summed E-state index contributed by atoms with van der Waals surface area (Å²) in [7, 11) is 0. The Labute approximate surface area is 93.5 Å². The van der Waals surface area contributed by atoms with E-state index < -0.39 is 0 Å². The van der Waals surface area contributed by atoms with Gasteiger partial charge in [-0.15, -0.1) is 0 Å². The minimum absolute atomic E-state index is 0.546. The van der Waals surface area contributed by atoms with Gasteiger partial charge in [-0.05, 0) is 24.7 Å². The molecule has 0 amide bonds. The molecule has 0 spiro atoms. The molecule has 0 aliphatic heterocycles. The molecule has 15 heavy (non-hydrogen) atoms. The van der Waals surface area contributed by atoms with E-state index in [1.807, 2.05) is 0 Å². The highest BCUT2D eigenvalue weighted by Gasteiger charge is 2.18. The first-order valence-electron chi connectivity index (χ1n) is 6.14. The molecule has 0 aromatic heterocycles. The summed E-state index contributed by atoms with van der Waals surface area (Å²) in [5.74, 6) is 2.03. The highest BCUT2D eigenvalue weighted by molar-refractivity contribution is 5.78. The van der Waals surface area contributed by atoms with Crippen molar-refractivity contribution >= 4 is 5.96 Å². The number of hydrogen-bond acceptors (Lipinski definition) is 1. The van der Waals surface area contributed by atoms with Crippen LogP contribution >= 0.6 is 0 Å². The molecule has 0 aromatic rings. The predicted molar refractivity (Wildman–Crippen MR) is 65.9 cm³/mol. The van der Waals surface area contributed by atoms with Crippen molar-refractivity contribution < 1.29 is 0 Å². The molecule has 1 aliphatic carbocycles. The number of hydrogen-bond donors (Lipinski definition) is 2. The molecule has 0 aromatic carbocycles. The summed E-state index contributed by atoms with van der Waals surface area (Å²) >= 11 is 0. The Morgan fingerprint density at radius 2 is 2.20 bits per heavy atom. The SMILES string of the molecule is CC(C)CN=C(N)NC1CCCC(C)C1. The van der Waals surface area contributed by atoms with E-state index in [9.17, 15) is 0 Å². The third kappa shape index (κ3) is 5.05. The van der Waals surface area contributed by atoms with Crippen LogP contribution in [0.2, 0.25) is 0 Å². The highest BCUT2D eigenvalue weighted by Crippen LogP contribution is 2.23. The molecule has 3 heteroatoms. The molecule has 2 unspecified atom stereocenters. The molecule has 0 bridgehead atoms. The van der Waals surface area contributed by atoms with Crippen LogP contribution in [0.1, 0.15) is 46.5 Å². The van der Waals surface area contributed by atoms with Gasteiger partial charge in [-0.3, -0.25) is 4.99 Å². The fourth-order valence-electron chi connectivity index (χ4n) is 2.10. The van der Waals surface area contributed by atoms with Crippen molar-refractivity contribution in [3.63, 3.8) is 0 Å². The van der Waals surface area contributed by atoms with Crippen molar-refractivity contribution in [3.05, 3.63) is 0 Å². The van der Waals surface area contributed by atoms with Crippen molar-refractivity contribution in [1.29, 1.82) is 0 Å². The lowest BCUT2D eigenvalue weighted by Gasteiger charge is -2.27. The van der Waals surface area contributed by atoms with Crippen LogP contribution in [0, 0.1) is 11.8 Å². The smallest absolute Gasteiger partial charge is 0.188 e. The number of nitrogens with zero attached hydrogens (tertiary/aromatic N) is 1. The lowest BCUT2D eigenvalue weighted by Crippen LogP contribution is -2.42. The summed E-state index contributed by atoms with van der Waals surface area (Å²) in [4.78, 5) is 4.33. The zero-order valence-corrected chi connectivity index (χ0v) is 10.3.